The second-order valence-electron chi connectivity index (χ2n) is 15.6. The van der Waals surface area contributed by atoms with Crippen molar-refractivity contribution in [2.75, 3.05) is 0 Å². The highest BCUT2D eigenvalue weighted by atomic mass is 32.2. The maximum Gasteiger partial charge on any atom is 0.160 e. The molecule has 6 aromatic carbocycles. The van der Waals surface area contributed by atoms with Crippen LogP contribution >= 0.6 is 11.8 Å². The maximum atomic E-state index is 5.44. The summed E-state index contributed by atoms with van der Waals surface area (Å²) in [6, 6.07) is 70.7. The SMILES string of the molecule is c1ccc(-c2cc(-c3cccc4c3-c3c(-c5cc(-c6ccccn6)nc(-c6ccccn6)c5)cccc3C43c4ccccc4Sc4ccccc43)nc(-c3ccccc3)n2)cc1. The molecular formula is C56H35N5S. The molecule has 290 valence electrons. The molecule has 0 amide bonds. The summed E-state index contributed by atoms with van der Waals surface area (Å²) < 4.78 is 0. The van der Waals surface area contributed by atoms with Gasteiger partial charge in [0.1, 0.15) is 0 Å². The average Bonchev–Trinajstić information content (AvgIpc) is 3.65. The Morgan fingerprint density at radius 3 is 1.42 bits per heavy atom. The molecule has 5 nitrogen and oxygen atoms in total. The van der Waals surface area contributed by atoms with Gasteiger partial charge < -0.3 is 0 Å². The summed E-state index contributed by atoms with van der Waals surface area (Å²) in [5.74, 6) is 0.680. The van der Waals surface area contributed by atoms with E-state index in [1.54, 1.807) is 0 Å². The van der Waals surface area contributed by atoms with Crippen LogP contribution in [0.25, 0.3) is 78.9 Å². The molecule has 0 saturated heterocycles. The highest BCUT2D eigenvalue weighted by Crippen LogP contribution is 2.64. The zero-order valence-corrected chi connectivity index (χ0v) is 34.2. The van der Waals surface area contributed by atoms with E-state index in [0.717, 1.165) is 67.5 Å². The first-order valence-electron chi connectivity index (χ1n) is 20.7. The summed E-state index contributed by atoms with van der Waals surface area (Å²) in [7, 11) is 0. The van der Waals surface area contributed by atoms with E-state index in [9.17, 15) is 0 Å². The lowest BCUT2D eigenvalue weighted by Gasteiger charge is -2.39. The number of fused-ring (bicyclic) bond motifs is 9. The van der Waals surface area contributed by atoms with Crippen LogP contribution in [0.15, 0.2) is 222 Å². The third kappa shape index (κ3) is 5.75. The first-order chi connectivity index (χ1) is 30.7. The summed E-state index contributed by atoms with van der Waals surface area (Å²) >= 11 is 1.85. The largest absolute Gasteiger partial charge is 0.255 e. The van der Waals surface area contributed by atoms with Crippen molar-refractivity contribution in [2.24, 2.45) is 0 Å². The maximum absolute atomic E-state index is 5.44. The molecule has 10 aromatic rings. The molecule has 0 bridgehead atoms. The normalized spacial score (nSPS) is 12.9. The molecule has 0 radical (unpaired) electrons. The first-order valence-corrected chi connectivity index (χ1v) is 21.6. The topological polar surface area (TPSA) is 64.5 Å². The fourth-order valence-electron chi connectivity index (χ4n) is 9.48. The van der Waals surface area contributed by atoms with Gasteiger partial charge in [0.2, 0.25) is 0 Å². The third-order valence-electron chi connectivity index (χ3n) is 12.1. The molecule has 12 rings (SSSR count). The third-order valence-corrected chi connectivity index (χ3v) is 13.2. The van der Waals surface area contributed by atoms with Gasteiger partial charge in [0.15, 0.2) is 5.82 Å². The van der Waals surface area contributed by atoms with Crippen molar-refractivity contribution in [3.63, 3.8) is 0 Å². The van der Waals surface area contributed by atoms with Crippen LogP contribution in [0.4, 0.5) is 0 Å². The van der Waals surface area contributed by atoms with Crippen LogP contribution in [0.3, 0.4) is 0 Å². The van der Waals surface area contributed by atoms with Gasteiger partial charge in [0.05, 0.1) is 39.6 Å². The summed E-state index contributed by atoms with van der Waals surface area (Å²) in [4.78, 5) is 27.8. The molecule has 0 atom stereocenters. The lowest BCUT2D eigenvalue weighted by Crippen LogP contribution is -2.31. The fraction of sp³-hybridized carbons (Fsp3) is 0.0179. The minimum absolute atomic E-state index is 0.618. The Bertz CT molecular complexity index is 2980. The lowest BCUT2D eigenvalue weighted by atomic mass is 9.67. The first kappa shape index (κ1) is 36.1. The molecule has 0 saturated carbocycles. The van der Waals surface area contributed by atoms with Crippen LogP contribution in [-0.4, -0.2) is 24.9 Å². The predicted molar refractivity (Wildman–Crippen MR) is 249 cm³/mol. The Hall–Kier alpha value is -7.80. The second-order valence-corrected chi connectivity index (χ2v) is 16.6. The van der Waals surface area contributed by atoms with Crippen molar-refractivity contribution in [1.29, 1.82) is 0 Å². The molecule has 0 fully saturated rings. The van der Waals surface area contributed by atoms with E-state index in [1.165, 1.54) is 37.6 Å². The molecule has 0 unspecified atom stereocenters. The van der Waals surface area contributed by atoms with Gasteiger partial charge in [-0.1, -0.05) is 157 Å². The van der Waals surface area contributed by atoms with Gasteiger partial charge in [0.25, 0.3) is 0 Å². The standard InChI is InChI=1S/C56H35N5S/c1-3-17-36(18-4-1)47-35-48(61-55(60-47)37-19-5-2-6-20-37)40-22-16-26-44-54(40)53-39(38-33-49(45-27-11-13-31-57-45)59-50(34-38)46-28-12-14-32-58-46)21-15-25-43(53)56(44)41-23-7-9-29-51(41)62-52-30-10-8-24-42(52)56/h1-35H. The lowest BCUT2D eigenvalue weighted by molar-refractivity contribution is 0.722. The van der Waals surface area contributed by atoms with Crippen LogP contribution in [0, 0.1) is 0 Å². The summed E-state index contributed by atoms with van der Waals surface area (Å²) in [5.41, 5.74) is 16.8. The zero-order valence-electron chi connectivity index (χ0n) is 33.4. The summed E-state index contributed by atoms with van der Waals surface area (Å²) in [6.45, 7) is 0. The van der Waals surface area contributed by atoms with E-state index in [4.69, 9.17) is 24.9 Å². The molecule has 4 aromatic heterocycles. The summed E-state index contributed by atoms with van der Waals surface area (Å²) in [5, 5.41) is 0. The van der Waals surface area contributed by atoms with Crippen molar-refractivity contribution < 1.29 is 0 Å². The van der Waals surface area contributed by atoms with Crippen molar-refractivity contribution >= 4 is 11.8 Å². The Kier molecular flexibility index (Phi) is 8.57. The number of nitrogens with zero attached hydrogens (tertiary/aromatic N) is 5. The quantitative estimate of drug-likeness (QED) is 0.167. The van der Waals surface area contributed by atoms with Gasteiger partial charge >= 0.3 is 0 Å². The Morgan fingerprint density at radius 2 is 0.823 bits per heavy atom. The van der Waals surface area contributed by atoms with E-state index < -0.39 is 5.41 Å². The number of pyridine rings is 3. The predicted octanol–water partition coefficient (Wildman–Crippen LogP) is 13.5. The van der Waals surface area contributed by atoms with E-state index >= 15 is 0 Å². The average molecular weight is 810 g/mol. The van der Waals surface area contributed by atoms with Crippen molar-refractivity contribution in [3.05, 3.63) is 235 Å². The highest BCUT2D eigenvalue weighted by molar-refractivity contribution is 7.99. The van der Waals surface area contributed by atoms with Crippen molar-refractivity contribution in [2.45, 2.75) is 15.2 Å². The van der Waals surface area contributed by atoms with Crippen LogP contribution in [0.1, 0.15) is 22.3 Å². The van der Waals surface area contributed by atoms with E-state index in [0.29, 0.717) is 5.82 Å². The zero-order chi connectivity index (χ0) is 41.0. The molecule has 1 aliphatic heterocycles. The van der Waals surface area contributed by atoms with Gasteiger partial charge in [-0.15, -0.1) is 0 Å². The molecular weight excluding hydrogens is 775 g/mol. The summed E-state index contributed by atoms with van der Waals surface area (Å²) in [6.07, 6.45) is 3.64. The fourth-order valence-corrected chi connectivity index (χ4v) is 10.7. The van der Waals surface area contributed by atoms with E-state index in [2.05, 4.69) is 140 Å². The number of benzene rings is 6. The van der Waals surface area contributed by atoms with Crippen LogP contribution in [0.2, 0.25) is 0 Å². The number of aromatic nitrogens is 5. The van der Waals surface area contributed by atoms with Crippen molar-refractivity contribution in [1.82, 2.24) is 24.9 Å². The molecule has 1 aliphatic carbocycles. The van der Waals surface area contributed by atoms with Gasteiger partial charge in [-0.3, -0.25) is 9.97 Å². The van der Waals surface area contributed by atoms with E-state index in [1.807, 2.05) is 84.8 Å². The molecule has 5 heterocycles. The second kappa shape index (κ2) is 14.7. The smallest absolute Gasteiger partial charge is 0.160 e. The van der Waals surface area contributed by atoms with Crippen LogP contribution in [0.5, 0.6) is 0 Å². The minimum Gasteiger partial charge on any atom is -0.255 e. The van der Waals surface area contributed by atoms with E-state index in [-0.39, 0.29) is 0 Å². The Labute approximate surface area is 364 Å². The monoisotopic (exact) mass is 809 g/mol. The van der Waals surface area contributed by atoms with Gasteiger partial charge in [0, 0.05) is 38.9 Å². The minimum atomic E-state index is -0.618. The van der Waals surface area contributed by atoms with Crippen LogP contribution in [-0.2, 0) is 5.41 Å². The number of rotatable bonds is 6. The van der Waals surface area contributed by atoms with Gasteiger partial charge in [-0.2, -0.15) is 0 Å². The molecule has 0 N–H and O–H groups in total. The molecule has 2 aliphatic rings. The Morgan fingerprint density at radius 1 is 0.323 bits per heavy atom. The molecule has 62 heavy (non-hydrogen) atoms. The van der Waals surface area contributed by atoms with Crippen molar-refractivity contribution in [3.8, 4) is 78.9 Å². The van der Waals surface area contributed by atoms with Crippen LogP contribution < -0.4 is 0 Å². The highest BCUT2D eigenvalue weighted by Gasteiger charge is 2.51. The Balaban J connectivity index is 1.21. The number of hydrogen-bond acceptors (Lipinski definition) is 6. The number of hydrogen-bond donors (Lipinski definition) is 0. The molecule has 1 spiro atoms. The molecule has 6 heteroatoms. The van der Waals surface area contributed by atoms with Gasteiger partial charge in [-0.25, -0.2) is 15.0 Å². The van der Waals surface area contributed by atoms with Gasteiger partial charge in [-0.05, 0) is 99.1 Å².